The van der Waals surface area contributed by atoms with Gasteiger partial charge in [-0.1, -0.05) is 25.4 Å². The highest BCUT2D eigenvalue weighted by Gasteiger charge is 2.25. The molecule has 0 aromatic heterocycles. The number of halogens is 1. The van der Waals surface area contributed by atoms with Crippen LogP contribution < -0.4 is 10.1 Å². The number of nitrogens with one attached hydrogen (secondary N) is 1. The fourth-order valence-corrected chi connectivity index (χ4v) is 2.78. The molecule has 0 saturated heterocycles. The summed E-state index contributed by atoms with van der Waals surface area (Å²) < 4.78 is 10.5. The molecule has 1 aromatic carbocycles. The van der Waals surface area contributed by atoms with Gasteiger partial charge in [0.05, 0.1) is 23.7 Å². The zero-order chi connectivity index (χ0) is 20.8. The van der Waals surface area contributed by atoms with Gasteiger partial charge in [-0.05, 0) is 45.6 Å². The highest BCUT2D eigenvalue weighted by Crippen LogP contribution is 2.31. The average Bonchev–Trinajstić information content (AvgIpc) is 2.56. The van der Waals surface area contributed by atoms with Crippen molar-refractivity contribution in [2.45, 2.75) is 53.1 Å². The van der Waals surface area contributed by atoms with Crippen LogP contribution in [0.3, 0.4) is 0 Å². The summed E-state index contributed by atoms with van der Waals surface area (Å²) in [4.78, 5) is 23.3. The molecule has 0 fully saturated rings. The Balaban J connectivity index is 2.56. The van der Waals surface area contributed by atoms with Crippen molar-refractivity contribution in [3.8, 4) is 5.75 Å². The maximum atomic E-state index is 12.1. The minimum atomic E-state index is -1.09. The summed E-state index contributed by atoms with van der Waals surface area (Å²) in [6, 6.07) is 2.96. The number of aromatic carboxylic acids is 1. The van der Waals surface area contributed by atoms with E-state index in [0.29, 0.717) is 17.3 Å². The first-order chi connectivity index (χ1) is 12.5. The van der Waals surface area contributed by atoms with Gasteiger partial charge in [0, 0.05) is 12.6 Å². The van der Waals surface area contributed by atoms with Crippen LogP contribution in [0.2, 0.25) is 5.02 Å². The van der Waals surface area contributed by atoms with Crippen molar-refractivity contribution in [2.75, 3.05) is 19.0 Å². The zero-order valence-corrected chi connectivity index (χ0v) is 17.6. The second kappa shape index (κ2) is 9.83. The van der Waals surface area contributed by atoms with Gasteiger partial charge in [0.15, 0.2) is 0 Å². The predicted molar refractivity (Wildman–Crippen MR) is 107 cm³/mol. The molecule has 1 rings (SSSR count). The van der Waals surface area contributed by atoms with Gasteiger partial charge >= 0.3 is 11.9 Å². The maximum absolute atomic E-state index is 12.1. The number of anilines is 1. The largest absolute Gasteiger partial charge is 0.496 e. The first kappa shape index (κ1) is 23.1. The van der Waals surface area contributed by atoms with E-state index in [9.17, 15) is 9.59 Å². The number of hydrogen-bond donors (Lipinski definition) is 2. The molecule has 1 aromatic rings. The van der Waals surface area contributed by atoms with Gasteiger partial charge in [0.25, 0.3) is 0 Å². The Bertz CT molecular complexity index is 669. The molecule has 152 valence electrons. The summed E-state index contributed by atoms with van der Waals surface area (Å²) in [6.07, 6.45) is 1.67. The number of carboxylic acids is 1. The number of rotatable bonds is 9. The summed E-state index contributed by atoms with van der Waals surface area (Å²) in [5.41, 5.74) is 0.157. The summed E-state index contributed by atoms with van der Waals surface area (Å²) in [5.74, 6) is -1.02. The topological polar surface area (TPSA) is 84.9 Å². The molecule has 2 N–H and O–H groups in total. The lowest BCUT2D eigenvalue weighted by atomic mass is 9.91. The van der Waals surface area contributed by atoms with E-state index in [1.807, 2.05) is 34.6 Å². The first-order valence-electron chi connectivity index (χ1n) is 9.03. The summed E-state index contributed by atoms with van der Waals surface area (Å²) in [5, 5.41) is 12.7. The lowest BCUT2D eigenvalue weighted by Gasteiger charge is -2.25. The number of ether oxygens (including phenoxy) is 2. The minimum Gasteiger partial charge on any atom is -0.496 e. The molecular formula is C20H30ClNO5. The van der Waals surface area contributed by atoms with E-state index in [4.69, 9.17) is 26.2 Å². The second-order valence-corrected chi connectivity index (χ2v) is 8.11. The monoisotopic (exact) mass is 399 g/mol. The van der Waals surface area contributed by atoms with E-state index < -0.39 is 11.6 Å². The predicted octanol–water partition coefficient (Wildman–Crippen LogP) is 4.85. The lowest BCUT2D eigenvalue weighted by Crippen LogP contribution is -2.30. The van der Waals surface area contributed by atoms with Crippen LogP contribution in [0.25, 0.3) is 0 Å². The molecule has 2 atom stereocenters. The van der Waals surface area contributed by atoms with Crippen LogP contribution in [0.4, 0.5) is 5.69 Å². The SMILES string of the molecule is COc1cc(NCCCC(C)[C@@H](C)C(=O)OC(C)(C)C)c(Cl)cc1C(=O)O. The molecule has 1 unspecified atom stereocenters. The lowest BCUT2D eigenvalue weighted by molar-refractivity contribution is -0.161. The molecular weight excluding hydrogens is 370 g/mol. The molecule has 6 nitrogen and oxygen atoms in total. The van der Waals surface area contributed by atoms with Crippen LogP contribution in [0.5, 0.6) is 5.75 Å². The van der Waals surface area contributed by atoms with Crippen molar-refractivity contribution in [3.63, 3.8) is 0 Å². The Morgan fingerprint density at radius 3 is 2.41 bits per heavy atom. The Kier molecular flexibility index (Phi) is 8.41. The number of carbonyl (C=O) groups is 2. The number of hydrogen-bond acceptors (Lipinski definition) is 5. The summed E-state index contributed by atoms with van der Waals surface area (Å²) >= 11 is 6.15. The van der Waals surface area contributed by atoms with E-state index in [1.165, 1.54) is 13.2 Å². The molecule has 0 bridgehead atoms. The van der Waals surface area contributed by atoms with Crippen molar-refractivity contribution in [2.24, 2.45) is 11.8 Å². The van der Waals surface area contributed by atoms with Crippen molar-refractivity contribution in [3.05, 3.63) is 22.7 Å². The van der Waals surface area contributed by atoms with E-state index in [-0.39, 0.29) is 29.1 Å². The molecule has 0 spiro atoms. The van der Waals surface area contributed by atoms with Crippen LogP contribution in [0, 0.1) is 11.8 Å². The quantitative estimate of drug-likeness (QED) is 0.456. The van der Waals surface area contributed by atoms with Gasteiger partial charge in [-0.3, -0.25) is 4.79 Å². The number of methoxy groups -OCH3 is 1. The van der Waals surface area contributed by atoms with E-state index >= 15 is 0 Å². The maximum Gasteiger partial charge on any atom is 0.339 e. The molecule has 0 heterocycles. The number of benzene rings is 1. The molecule has 0 radical (unpaired) electrons. The number of carbonyl (C=O) groups excluding carboxylic acids is 1. The highest BCUT2D eigenvalue weighted by atomic mass is 35.5. The van der Waals surface area contributed by atoms with Crippen LogP contribution >= 0.6 is 11.6 Å². The normalized spacial score (nSPS) is 13.6. The fraction of sp³-hybridized carbons (Fsp3) is 0.600. The average molecular weight is 400 g/mol. The number of esters is 1. The molecule has 0 aliphatic rings. The van der Waals surface area contributed by atoms with Gasteiger partial charge in [-0.25, -0.2) is 4.79 Å². The van der Waals surface area contributed by atoms with Crippen molar-refractivity contribution < 1.29 is 24.2 Å². The molecule has 0 saturated carbocycles. The number of carboxylic acid groups (broad SMARTS) is 1. The standard InChI is InChI=1S/C20H30ClNO5/c1-12(13(2)19(25)27-20(3,4)5)8-7-9-22-16-11-17(26-6)14(18(23)24)10-15(16)21/h10-13,22H,7-9H2,1-6H3,(H,23,24)/t12?,13-/m1/s1. The minimum absolute atomic E-state index is 0.0212. The molecule has 7 heteroatoms. The van der Waals surface area contributed by atoms with E-state index in [0.717, 1.165) is 12.8 Å². The third-order valence-corrected chi connectivity index (χ3v) is 4.62. The van der Waals surface area contributed by atoms with Gasteiger partial charge in [0.1, 0.15) is 16.9 Å². The van der Waals surface area contributed by atoms with E-state index in [2.05, 4.69) is 5.32 Å². The van der Waals surface area contributed by atoms with E-state index in [1.54, 1.807) is 6.07 Å². The molecule has 27 heavy (non-hydrogen) atoms. The van der Waals surface area contributed by atoms with Crippen LogP contribution in [0.15, 0.2) is 12.1 Å². The molecule has 0 amide bonds. The highest BCUT2D eigenvalue weighted by molar-refractivity contribution is 6.33. The summed E-state index contributed by atoms with van der Waals surface area (Å²) in [6.45, 7) is 10.1. The first-order valence-corrected chi connectivity index (χ1v) is 9.41. The fourth-order valence-electron chi connectivity index (χ4n) is 2.55. The smallest absolute Gasteiger partial charge is 0.339 e. The van der Waals surface area contributed by atoms with Crippen molar-refractivity contribution in [1.82, 2.24) is 0 Å². The zero-order valence-electron chi connectivity index (χ0n) is 16.9. The summed E-state index contributed by atoms with van der Waals surface area (Å²) in [7, 11) is 1.42. The van der Waals surface area contributed by atoms with Crippen molar-refractivity contribution in [1.29, 1.82) is 0 Å². The van der Waals surface area contributed by atoms with Gasteiger partial charge in [-0.15, -0.1) is 0 Å². The Morgan fingerprint density at radius 2 is 1.89 bits per heavy atom. The van der Waals surface area contributed by atoms with Crippen LogP contribution in [-0.4, -0.2) is 36.3 Å². The van der Waals surface area contributed by atoms with Crippen LogP contribution in [0.1, 0.15) is 57.8 Å². The third-order valence-electron chi connectivity index (χ3n) is 4.30. The Hall–Kier alpha value is -1.95. The second-order valence-electron chi connectivity index (χ2n) is 7.71. The Morgan fingerprint density at radius 1 is 1.26 bits per heavy atom. The third kappa shape index (κ3) is 7.29. The van der Waals surface area contributed by atoms with Gasteiger partial charge in [-0.2, -0.15) is 0 Å². The van der Waals surface area contributed by atoms with Crippen LogP contribution in [-0.2, 0) is 9.53 Å². The molecule has 0 aliphatic heterocycles. The molecule has 0 aliphatic carbocycles. The van der Waals surface area contributed by atoms with Gasteiger partial charge < -0.3 is 19.9 Å². The van der Waals surface area contributed by atoms with Crippen molar-refractivity contribution >= 4 is 29.2 Å². The Labute approximate surface area is 166 Å². The van der Waals surface area contributed by atoms with Gasteiger partial charge in [0.2, 0.25) is 0 Å².